The van der Waals surface area contributed by atoms with E-state index in [1.165, 1.54) is 18.2 Å². The van der Waals surface area contributed by atoms with Crippen molar-refractivity contribution in [3.05, 3.63) is 29.3 Å². The van der Waals surface area contributed by atoms with Crippen LogP contribution in [-0.2, 0) is 10.0 Å². The number of nitrogens with zero attached hydrogens (tertiary/aromatic N) is 1. The third-order valence-electron chi connectivity index (χ3n) is 1.55. The molecule has 0 aliphatic rings. The van der Waals surface area contributed by atoms with E-state index < -0.39 is 25.0 Å². The maximum atomic E-state index is 12.1. The van der Waals surface area contributed by atoms with Crippen molar-refractivity contribution in [1.82, 2.24) is 0 Å². The molecule has 16 heavy (non-hydrogen) atoms. The fourth-order valence-electron chi connectivity index (χ4n) is 0.815. The number of benzene rings is 1. The van der Waals surface area contributed by atoms with Crippen LogP contribution in [0.3, 0.4) is 0 Å². The summed E-state index contributed by atoms with van der Waals surface area (Å²) in [6.07, 6.45) is 0. The van der Waals surface area contributed by atoms with Crippen LogP contribution in [0.2, 0.25) is 5.02 Å². The average Bonchev–Trinajstić information content (AvgIpc) is 2.15. The van der Waals surface area contributed by atoms with Gasteiger partial charge in [-0.2, -0.15) is 25.4 Å². The lowest BCUT2D eigenvalue weighted by Gasteiger charge is -2.18. The van der Waals surface area contributed by atoms with Gasteiger partial charge >= 0.3 is 15.5 Å². The predicted octanol–water partition coefficient (Wildman–Crippen LogP) is 3.15. The molecule has 1 aromatic carbocycles. The average molecular weight is 294 g/mol. The second-order valence-corrected chi connectivity index (χ2v) is 5.34. The van der Waals surface area contributed by atoms with Crippen molar-refractivity contribution >= 4 is 39.1 Å². The number of hydrogen-bond donors (Lipinski definition) is 0. The first-order chi connectivity index (χ1) is 7.18. The number of sulfonamides is 1. The van der Waals surface area contributed by atoms with E-state index in [4.69, 9.17) is 23.4 Å². The largest absolute Gasteiger partial charge is 0.517 e. The lowest BCUT2D eigenvalue weighted by Crippen LogP contribution is -2.35. The number of alkyl halides is 3. The normalized spacial score (nSPS) is 12.6. The smallest absolute Gasteiger partial charge is 0.195 e. The Morgan fingerprint density at radius 1 is 1.19 bits per heavy atom. The highest BCUT2D eigenvalue weighted by Gasteiger charge is 2.50. The molecule has 0 aliphatic heterocycles. The Morgan fingerprint density at radius 2 is 1.69 bits per heavy atom. The molecule has 0 amide bonds. The molecule has 0 bridgehead atoms. The van der Waals surface area contributed by atoms with Crippen LogP contribution in [0, 0.1) is 0 Å². The topological polar surface area (TPSA) is 37.4 Å². The van der Waals surface area contributed by atoms with Gasteiger partial charge in [-0.15, -0.1) is 0 Å². The summed E-state index contributed by atoms with van der Waals surface area (Å²) in [4.78, 5) is 0. The Kier molecular flexibility index (Phi) is 3.61. The molecule has 0 fully saturated rings. The van der Waals surface area contributed by atoms with Crippen molar-refractivity contribution in [3.63, 3.8) is 0 Å². The number of para-hydroxylation sites is 1. The summed E-state index contributed by atoms with van der Waals surface area (Å²) in [6, 6.07) is 5.01. The van der Waals surface area contributed by atoms with Crippen LogP contribution >= 0.6 is 23.4 Å². The van der Waals surface area contributed by atoms with E-state index in [9.17, 15) is 21.6 Å². The zero-order chi connectivity index (χ0) is 12.6. The van der Waals surface area contributed by atoms with Gasteiger partial charge in [0.05, 0.1) is 10.7 Å². The standard InChI is InChI=1S/C7H4Cl2F3NO2S/c8-5-3-1-2-4-6(5)13(9)16(14,15)7(10,11)12/h1-4H. The molecule has 3 nitrogen and oxygen atoms in total. The van der Waals surface area contributed by atoms with Crippen LogP contribution in [0.15, 0.2) is 24.3 Å². The Hall–Kier alpha value is -0.660. The Labute approximate surface area is 99.5 Å². The number of anilines is 1. The molecule has 0 radical (unpaired) electrons. The van der Waals surface area contributed by atoms with Crippen molar-refractivity contribution in [2.75, 3.05) is 3.82 Å². The van der Waals surface area contributed by atoms with Crippen LogP contribution in [0.25, 0.3) is 0 Å². The van der Waals surface area contributed by atoms with Crippen LogP contribution < -0.4 is 3.82 Å². The molecule has 0 atom stereocenters. The third-order valence-corrected chi connectivity index (χ3v) is 3.80. The lowest BCUT2D eigenvalue weighted by atomic mass is 10.3. The van der Waals surface area contributed by atoms with Gasteiger partial charge < -0.3 is 0 Å². The number of rotatable bonds is 2. The van der Waals surface area contributed by atoms with Gasteiger partial charge in [0.2, 0.25) is 0 Å². The first kappa shape index (κ1) is 13.4. The SMILES string of the molecule is O=S(=O)(N(Cl)c1ccccc1Cl)C(F)(F)F. The molecule has 0 aliphatic carbocycles. The second-order valence-electron chi connectivity index (χ2n) is 2.62. The van der Waals surface area contributed by atoms with Gasteiger partial charge in [0.15, 0.2) is 0 Å². The van der Waals surface area contributed by atoms with Crippen molar-refractivity contribution in [2.45, 2.75) is 5.51 Å². The highest BCUT2D eigenvalue weighted by Crippen LogP contribution is 2.35. The minimum absolute atomic E-state index is 0.203. The van der Waals surface area contributed by atoms with Crippen LogP contribution in [-0.4, -0.2) is 13.9 Å². The fraction of sp³-hybridized carbons (Fsp3) is 0.143. The molecule has 0 N–H and O–H groups in total. The van der Waals surface area contributed by atoms with E-state index in [0.29, 0.717) is 0 Å². The summed E-state index contributed by atoms with van der Waals surface area (Å²) in [5.74, 6) is 0. The molecule has 0 aromatic heterocycles. The zero-order valence-electron chi connectivity index (χ0n) is 7.37. The summed E-state index contributed by atoms with van der Waals surface area (Å²) >= 11 is 10.6. The minimum Gasteiger partial charge on any atom is -0.195 e. The molecule has 0 saturated carbocycles. The van der Waals surface area contributed by atoms with Gasteiger partial charge in [-0.3, -0.25) is 0 Å². The molecular weight excluding hydrogens is 290 g/mol. The van der Waals surface area contributed by atoms with E-state index >= 15 is 0 Å². The van der Waals surface area contributed by atoms with Crippen molar-refractivity contribution < 1.29 is 21.6 Å². The highest BCUT2D eigenvalue weighted by atomic mass is 35.5. The van der Waals surface area contributed by atoms with Gasteiger partial charge in [-0.05, 0) is 12.1 Å². The van der Waals surface area contributed by atoms with E-state index in [0.717, 1.165) is 6.07 Å². The van der Waals surface area contributed by atoms with Crippen molar-refractivity contribution in [3.8, 4) is 0 Å². The summed E-state index contributed by atoms with van der Waals surface area (Å²) in [5, 5.41) is -0.203. The van der Waals surface area contributed by atoms with Gasteiger partial charge in [-0.25, -0.2) is 0 Å². The monoisotopic (exact) mass is 293 g/mol. The summed E-state index contributed by atoms with van der Waals surface area (Å²) < 4.78 is 57.8. The molecule has 1 rings (SSSR count). The van der Waals surface area contributed by atoms with Crippen LogP contribution in [0.4, 0.5) is 18.9 Å². The first-order valence-electron chi connectivity index (χ1n) is 3.70. The fourth-order valence-corrected chi connectivity index (χ4v) is 2.11. The molecule has 0 unspecified atom stereocenters. The van der Waals surface area contributed by atoms with Gasteiger partial charge in [0.25, 0.3) is 0 Å². The Balaban J connectivity index is 3.24. The minimum atomic E-state index is -5.64. The van der Waals surface area contributed by atoms with E-state index in [1.54, 1.807) is 0 Å². The maximum Gasteiger partial charge on any atom is 0.517 e. The van der Waals surface area contributed by atoms with E-state index in [-0.39, 0.29) is 5.02 Å². The third kappa shape index (κ3) is 2.36. The van der Waals surface area contributed by atoms with Gasteiger partial charge in [0, 0.05) is 11.8 Å². The number of halogens is 5. The van der Waals surface area contributed by atoms with Gasteiger partial charge in [-0.1, -0.05) is 23.7 Å². The molecule has 9 heteroatoms. The van der Waals surface area contributed by atoms with Crippen LogP contribution in [0.1, 0.15) is 0 Å². The quantitative estimate of drug-likeness (QED) is 0.786. The summed E-state index contributed by atoms with van der Waals surface area (Å²) in [5.41, 5.74) is -5.93. The molecule has 0 heterocycles. The Morgan fingerprint density at radius 3 is 2.12 bits per heavy atom. The lowest BCUT2D eigenvalue weighted by molar-refractivity contribution is -0.0433. The summed E-state index contributed by atoms with van der Waals surface area (Å²) in [7, 11) is -5.64. The van der Waals surface area contributed by atoms with Gasteiger partial charge in [0.1, 0.15) is 0 Å². The zero-order valence-corrected chi connectivity index (χ0v) is 9.70. The Bertz CT molecular complexity index is 489. The molecule has 1 aromatic rings. The highest BCUT2D eigenvalue weighted by molar-refractivity contribution is 7.94. The molecular formula is C7H4Cl2F3NO2S. The second kappa shape index (κ2) is 4.31. The van der Waals surface area contributed by atoms with Crippen molar-refractivity contribution in [2.24, 2.45) is 0 Å². The molecule has 90 valence electrons. The maximum absolute atomic E-state index is 12.1. The van der Waals surface area contributed by atoms with Crippen molar-refractivity contribution in [1.29, 1.82) is 0 Å². The van der Waals surface area contributed by atoms with Crippen LogP contribution in [0.5, 0.6) is 0 Å². The predicted molar refractivity (Wildman–Crippen MR) is 54.8 cm³/mol. The van der Waals surface area contributed by atoms with E-state index in [1.807, 2.05) is 0 Å². The summed E-state index contributed by atoms with van der Waals surface area (Å²) in [6.45, 7) is 0. The molecule has 0 saturated heterocycles. The molecule has 0 spiro atoms. The van der Waals surface area contributed by atoms with E-state index in [2.05, 4.69) is 0 Å². The number of hydrogen-bond acceptors (Lipinski definition) is 2. The first-order valence-corrected chi connectivity index (χ1v) is 5.85.